The van der Waals surface area contributed by atoms with Crippen molar-refractivity contribution in [2.75, 3.05) is 26.2 Å². The second-order valence-corrected chi connectivity index (χ2v) is 8.98. The van der Waals surface area contributed by atoms with E-state index < -0.39 is 24.3 Å². The Hall–Kier alpha value is -3.21. The van der Waals surface area contributed by atoms with Gasteiger partial charge in [-0.2, -0.15) is 26.3 Å². The van der Waals surface area contributed by atoms with Crippen LogP contribution in [0.2, 0.25) is 0 Å². The number of nitrogens with zero attached hydrogens (tertiary/aromatic N) is 5. The Kier molecular flexibility index (Phi) is 9.88. The van der Waals surface area contributed by atoms with Crippen LogP contribution >= 0.6 is 11.3 Å². The topological polar surface area (TPSA) is 129 Å². The van der Waals surface area contributed by atoms with Crippen LogP contribution in [0.1, 0.15) is 41.8 Å². The Labute approximate surface area is 216 Å². The van der Waals surface area contributed by atoms with Gasteiger partial charge in [-0.1, -0.05) is 6.92 Å². The SMILES string of the molecule is CCN1CCn2c(C)cnc2C12CCN(C(=O)c1cscn1)CC2.O=C(O)C(F)(F)F.O=C(O)C(F)(F)F. The summed E-state index contributed by atoms with van der Waals surface area (Å²) in [6, 6.07) is 0. The number of imidazole rings is 1. The van der Waals surface area contributed by atoms with Gasteiger partial charge in [0, 0.05) is 43.4 Å². The summed E-state index contributed by atoms with van der Waals surface area (Å²) in [6.07, 6.45) is -6.30. The molecule has 1 fully saturated rings. The molecule has 1 amide bonds. The lowest BCUT2D eigenvalue weighted by Gasteiger charge is -2.50. The number of alkyl halides is 6. The predicted octanol–water partition coefficient (Wildman–Crippen LogP) is 3.38. The third-order valence-electron chi connectivity index (χ3n) is 6.07. The monoisotopic (exact) mass is 573 g/mol. The number of aryl methyl sites for hydroxylation is 1. The van der Waals surface area contributed by atoms with Crippen LogP contribution in [0.4, 0.5) is 26.3 Å². The van der Waals surface area contributed by atoms with E-state index in [0.29, 0.717) is 5.69 Å². The van der Waals surface area contributed by atoms with Gasteiger partial charge in [-0.25, -0.2) is 19.6 Å². The lowest BCUT2D eigenvalue weighted by molar-refractivity contribution is -0.193. The summed E-state index contributed by atoms with van der Waals surface area (Å²) >= 11 is 1.47. The smallest absolute Gasteiger partial charge is 0.475 e. The second-order valence-electron chi connectivity index (χ2n) is 8.26. The molecular weight excluding hydrogens is 548 g/mol. The number of carboxylic acids is 2. The largest absolute Gasteiger partial charge is 0.490 e. The first-order valence-corrected chi connectivity index (χ1v) is 12.0. The highest BCUT2D eigenvalue weighted by molar-refractivity contribution is 7.07. The second kappa shape index (κ2) is 12.1. The number of halogens is 6. The van der Waals surface area contributed by atoms with Crippen molar-refractivity contribution in [1.29, 1.82) is 0 Å². The van der Waals surface area contributed by atoms with Crippen LogP contribution in [0.15, 0.2) is 17.1 Å². The number of rotatable bonds is 2. The van der Waals surface area contributed by atoms with E-state index in [-0.39, 0.29) is 11.4 Å². The molecule has 0 unspecified atom stereocenters. The van der Waals surface area contributed by atoms with Gasteiger partial charge in [-0.3, -0.25) is 9.69 Å². The molecule has 0 bridgehead atoms. The van der Waals surface area contributed by atoms with Gasteiger partial charge in [-0.05, 0) is 26.3 Å². The molecule has 0 aliphatic carbocycles. The molecule has 1 spiro atoms. The molecular formula is C21H25F6N5O5S. The summed E-state index contributed by atoms with van der Waals surface area (Å²) < 4.78 is 65.8. The number of thiazole rings is 1. The van der Waals surface area contributed by atoms with E-state index in [4.69, 9.17) is 24.8 Å². The number of aromatic nitrogens is 3. The van der Waals surface area contributed by atoms with E-state index in [2.05, 4.69) is 28.3 Å². The highest BCUT2D eigenvalue weighted by atomic mass is 32.1. The summed E-state index contributed by atoms with van der Waals surface area (Å²) in [7, 11) is 0. The minimum Gasteiger partial charge on any atom is -0.475 e. The normalized spacial score (nSPS) is 17.0. The van der Waals surface area contributed by atoms with Gasteiger partial charge in [0.15, 0.2) is 0 Å². The zero-order valence-electron chi connectivity index (χ0n) is 20.2. The number of likely N-dealkylation sites (tertiary alicyclic amines) is 1. The Balaban J connectivity index is 0.000000301. The van der Waals surface area contributed by atoms with E-state index in [9.17, 15) is 31.1 Å². The van der Waals surface area contributed by atoms with Crippen molar-refractivity contribution in [3.8, 4) is 0 Å². The van der Waals surface area contributed by atoms with Gasteiger partial charge in [0.2, 0.25) is 0 Å². The molecule has 2 N–H and O–H groups in total. The van der Waals surface area contributed by atoms with Crippen molar-refractivity contribution in [3.05, 3.63) is 34.3 Å². The molecule has 4 rings (SSSR count). The molecule has 0 radical (unpaired) electrons. The molecule has 2 aliphatic heterocycles. The minimum absolute atomic E-state index is 0.0277. The van der Waals surface area contributed by atoms with Crippen LogP contribution in [0.3, 0.4) is 0 Å². The van der Waals surface area contributed by atoms with Crippen LogP contribution in [-0.2, 0) is 21.7 Å². The van der Waals surface area contributed by atoms with E-state index in [1.165, 1.54) is 22.9 Å². The Bertz CT molecular complexity index is 1090. The first-order valence-electron chi connectivity index (χ1n) is 11.1. The third-order valence-corrected chi connectivity index (χ3v) is 6.65. The molecule has 0 saturated carbocycles. The number of aliphatic carboxylic acids is 2. The van der Waals surface area contributed by atoms with E-state index >= 15 is 0 Å². The van der Waals surface area contributed by atoms with Crippen LogP contribution < -0.4 is 0 Å². The maximum Gasteiger partial charge on any atom is 0.490 e. The van der Waals surface area contributed by atoms with E-state index in [1.54, 1.807) is 5.51 Å². The summed E-state index contributed by atoms with van der Waals surface area (Å²) in [4.78, 5) is 43.8. The van der Waals surface area contributed by atoms with Crippen molar-refractivity contribution in [2.24, 2.45) is 0 Å². The van der Waals surface area contributed by atoms with Crippen LogP contribution in [0.5, 0.6) is 0 Å². The quantitative estimate of drug-likeness (QED) is 0.524. The first-order chi connectivity index (χ1) is 17.5. The fourth-order valence-corrected chi connectivity index (χ4v) is 4.78. The number of hydrogen-bond acceptors (Lipinski definition) is 7. The molecule has 2 aliphatic rings. The number of piperidine rings is 1. The lowest BCUT2D eigenvalue weighted by Crippen LogP contribution is -2.58. The number of carbonyl (C=O) groups excluding carboxylic acids is 1. The minimum atomic E-state index is -5.08. The van der Waals surface area contributed by atoms with Crippen LogP contribution in [0, 0.1) is 6.92 Å². The van der Waals surface area contributed by atoms with Crippen molar-refractivity contribution in [3.63, 3.8) is 0 Å². The third kappa shape index (κ3) is 7.21. The van der Waals surface area contributed by atoms with Crippen LogP contribution in [0.25, 0.3) is 0 Å². The Morgan fingerprint density at radius 2 is 1.50 bits per heavy atom. The Morgan fingerprint density at radius 3 is 1.92 bits per heavy atom. The number of hydrogen-bond donors (Lipinski definition) is 2. The average molecular weight is 574 g/mol. The van der Waals surface area contributed by atoms with Gasteiger partial charge in [0.25, 0.3) is 5.91 Å². The maximum absolute atomic E-state index is 12.6. The zero-order valence-corrected chi connectivity index (χ0v) is 21.0. The molecule has 0 atom stereocenters. The fourth-order valence-electron chi connectivity index (χ4n) is 4.25. The molecule has 17 heteroatoms. The number of carboxylic acid groups (broad SMARTS) is 2. The number of likely N-dealkylation sites (N-methyl/N-ethyl adjacent to an activating group) is 1. The molecule has 2 aromatic heterocycles. The van der Waals surface area contributed by atoms with Gasteiger partial charge in [-0.15, -0.1) is 11.3 Å². The first kappa shape index (κ1) is 31.0. The van der Waals surface area contributed by atoms with Crippen molar-refractivity contribution < 1.29 is 50.9 Å². The van der Waals surface area contributed by atoms with E-state index in [1.807, 2.05) is 16.5 Å². The van der Waals surface area contributed by atoms with Gasteiger partial charge in [0.05, 0.1) is 11.0 Å². The Morgan fingerprint density at radius 1 is 0.974 bits per heavy atom. The number of carbonyl (C=O) groups is 3. The highest BCUT2D eigenvalue weighted by Gasteiger charge is 2.47. The number of fused-ring (bicyclic) bond motifs is 2. The standard InChI is InChI=1S/C17H23N5OS.2C2HF3O2/c1-3-21-8-9-22-13(2)10-18-16(22)17(21)4-6-20(7-5-17)15(23)14-11-24-12-19-14;2*3-2(4,5)1(6)7/h10-12H,3-9H2,1-2H3;2*(H,6,7). The molecule has 4 heterocycles. The molecule has 10 nitrogen and oxygen atoms in total. The summed E-state index contributed by atoms with van der Waals surface area (Å²) in [5.74, 6) is -4.27. The predicted molar refractivity (Wildman–Crippen MR) is 121 cm³/mol. The molecule has 2 aromatic rings. The van der Waals surface area contributed by atoms with Gasteiger partial charge < -0.3 is 19.7 Å². The summed E-state index contributed by atoms with van der Waals surface area (Å²) in [6.45, 7) is 8.97. The zero-order chi connectivity index (χ0) is 28.9. The van der Waals surface area contributed by atoms with Crippen molar-refractivity contribution in [2.45, 2.75) is 51.1 Å². The van der Waals surface area contributed by atoms with Crippen molar-refractivity contribution in [1.82, 2.24) is 24.3 Å². The average Bonchev–Trinajstić information content (AvgIpc) is 3.50. The number of amides is 1. The summed E-state index contributed by atoms with van der Waals surface area (Å²) in [5.41, 5.74) is 3.50. The molecule has 38 heavy (non-hydrogen) atoms. The van der Waals surface area contributed by atoms with Crippen LogP contribution in [-0.4, -0.2) is 90.9 Å². The van der Waals surface area contributed by atoms with Crippen molar-refractivity contribution >= 4 is 29.2 Å². The fraction of sp³-hybridized carbons (Fsp3) is 0.571. The molecule has 1 saturated heterocycles. The van der Waals surface area contributed by atoms with E-state index in [0.717, 1.165) is 45.6 Å². The van der Waals surface area contributed by atoms with Gasteiger partial charge >= 0.3 is 24.3 Å². The molecule has 0 aromatic carbocycles. The summed E-state index contributed by atoms with van der Waals surface area (Å²) in [5, 5.41) is 16.1. The maximum atomic E-state index is 12.6. The molecule has 212 valence electrons. The highest BCUT2D eigenvalue weighted by Crippen LogP contribution is 2.41. The van der Waals surface area contributed by atoms with Gasteiger partial charge in [0.1, 0.15) is 11.5 Å². The lowest BCUT2D eigenvalue weighted by atomic mass is 9.83.